The summed E-state index contributed by atoms with van der Waals surface area (Å²) in [6, 6.07) is 13.4. The molecule has 2 aromatic rings. The minimum atomic E-state index is -3.78. The molecule has 4 rings (SSSR count). The van der Waals surface area contributed by atoms with E-state index in [1.54, 1.807) is 50.8 Å². The molecule has 0 aromatic heterocycles. The van der Waals surface area contributed by atoms with Crippen LogP contribution in [0.1, 0.15) is 76.5 Å². The fraction of sp³-hybridized carbons (Fsp3) is 0.517. The molecule has 0 bridgehead atoms. The van der Waals surface area contributed by atoms with Crippen molar-refractivity contribution in [3.05, 3.63) is 69.7 Å². The van der Waals surface area contributed by atoms with Gasteiger partial charge in [0, 0.05) is 21.5 Å². The SMILES string of the molecule is CC(C)(C)NS(=O)(=O)C[C@H](C1CC1)N1C(=O)[C@@](C)(CC(=O)O)C[C@H](c2cccc(Cl)c2)C1c1ccc(Cl)cc1. The highest BCUT2D eigenvalue weighted by Crippen LogP contribution is 2.54. The Morgan fingerprint density at radius 3 is 2.28 bits per heavy atom. The minimum absolute atomic E-state index is 0.00696. The van der Waals surface area contributed by atoms with E-state index < -0.39 is 39.0 Å². The number of carbonyl (C=O) groups is 2. The Bertz CT molecular complexity index is 1340. The number of amides is 1. The highest BCUT2D eigenvalue weighted by Gasteiger charge is 2.55. The van der Waals surface area contributed by atoms with Crippen molar-refractivity contribution in [2.75, 3.05) is 5.75 Å². The fourth-order valence-electron chi connectivity index (χ4n) is 5.90. The molecule has 2 aromatic carbocycles. The number of hydrogen-bond donors (Lipinski definition) is 2. The number of rotatable bonds is 9. The molecule has 1 saturated heterocycles. The smallest absolute Gasteiger partial charge is 0.304 e. The van der Waals surface area contributed by atoms with Gasteiger partial charge in [-0.3, -0.25) is 9.59 Å². The van der Waals surface area contributed by atoms with Crippen LogP contribution in [0.4, 0.5) is 0 Å². The average Bonchev–Trinajstić information content (AvgIpc) is 3.63. The van der Waals surface area contributed by atoms with E-state index in [0.29, 0.717) is 10.0 Å². The Labute approximate surface area is 240 Å². The number of halogens is 2. The van der Waals surface area contributed by atoms with Crippen LogP contribution in [-0.2, 0) is 19.6 Å². The summed E-state index contributed by atoms with van der Waals surface area (Å²) in [7, 11) is -3.78. The van der Waals surface area contributed by atoms with Crippen molar-refractivity contribution in [3.8, 4) is 0 Å². The number of carbonyl (C=O) groups excluding carboxylic acids is 1. The van der Waals surface area contributed by atoms with Crippen LogP contribution in [0, 0.1) is 11.3 Å². The predicted molar refractivity (Wildman–Crippen MR) is 153 cm³/mol. The third-order valence-corrected chi connectivity index (χ3v) is 9.70. The van der Waals surface area contributed by atoms with Crippen LogP contribution in [0.5, 0.6) is 0 Å². The second-order valence-electron chi connectivity index (χ2n) is 12.2. The summed E-state index contributed by atoms with van der Waals surface area (Å²) in [6.45, 7) is 7.01. The minimum Gasteiger partial charge on any atom is -0.481 e. The maximum Gasteiger partial charge on any atom is 0.304 e. The lowest BCUT2D eigenvalue weighted by Gasteiger charge is -2.52. The van der Waals surface area contributed by atoms with Crippen LogP contribution >= 0.6 is 23.2 Å². The van der Waals surface area contributed by atoms with Crippen molar-refractivity contribution in [3.63, 3.8) is 0 Å². The van der Waals surface area contributed by atoms with Crippen LogP contribution in [0.25, 0.3) is 0 Å². The largest absolute Gasteiger partial charge is 0.481 e. The van der Waals surface area contributed by atoms with E-state index in [-0.39, 0.29) is 36.3 Å². The maximum atomic E-state index is 14.4. The molecule has 0 spiro atoms. The standard InChI is InChI=1S/C29H36Cl2N2O5S/c1-28(2,3)32-39(37,38)17-24(18-8-9-18)33-26(19-10-12-21(30)13-11-19)23(20-6-5-7-22(31)14-20)15-29(4,27(33)36)16-25(34)35/h5-7,10-14,18,23-24,26,32H,8-9,15-17H2,1-4H3,(H,34,35)/t23-,24-,26?,29-/m1/s1. The van der Waals surface area contributed by atoms with Gasteiger partial charge >= 0.3 is 5.97 Å². The van der Waals surface area contributed by atoms with E-state index >= 15 is 0 Å². The van der Waals surface area contributed by atoms with Crippen LogP contribution in [0.3, 0.4) is 0 Å². The van der Waals surface area contributed by atoms with Crippen LogP contribution in [-0.4, -0.2) is 47.6 Å². The fourth-order valence-corrected chi connectivity index (χ4v) is 8.13. The van der Waals surface area contributed by atoms with Gasteiger partial charge in [-0.25, -0.2) is 13.1 Å². The highest BCUT2D eigenvalue weighted by atomic mass is 35.5. The van der Waals surface area contributed by atoms with Crippen molar-refractivity contribution >= 4 is 45.1 Å². The Morgan fingerprint density at radius 2 is 1.74 bits per heavy atom. The van der Waals surface area contributed by atoms with Gasteiger partial charge in [0.1, 0.15) is 0 Å². The molecule has 212 valence electrons. The average molecular weight is 596 g/mol. The monoisotopic (exact) mass is 594 g/mol. The lowest BCUT2D eigenvalue weighted by atomic mass is 9.67. The number of carboxylic acid groups (broad SMARTS) is 1. The molecule has 39 heavy (non-hydrogen) atoms. The molecule has 1 aliphatic heterocycles. The van der Waals surface area contributed by atoms with E-state index in [9.17, 15) is 23.1 Å². The number of aliphatic carboxylic acids is 1. The molecule has 2 fully saturated rings. The summed E-state index contributed by atoms with van der Waals surface area (Å²) in [5.74, 6) is -2.02. The first-order chi connectivity index (χ1) is 18.1. The molecule has 1 heterocycles. The predicted octanol–water partition coefficient (Wildman–Crippen LogP) is 6.03. The molecule has 1 unspecified atom stereocenters. The number of carboxylic acids is 1. The highest BCUT2D eigenvalue weighted by molar-refractivity contribution is 7.89. The summed E-state index contributed by atoms with van der Waals surface area (Å²) in [6.07, 6.45) is 1.50. The molecular weight excluding hydrogens is 559 g/mol. The second kappa shape index (κ2) is 11.0. The number of hydrogen-bond acceptors (Lipinski definition) is 4. The lowest BCUT2D eigenvalue weighted by Crippen LogP contribution is -2.59. The number of nitrogens with one attached hydrogen (secondary N) is 1. The second-order valence-corrected chi connectivity index (χ2v) is 14.9. The van der Waals surface area contributed by atoms with Gasteiger partial charge < -0.3 is 10.0 Å². The van der Waals surface area contributed by atoms with Gasteiger partial charge in [-0.1, -0.05) is 54.4 Å². The van der Waals surface area contributed by atoms with Crippen LogP contribution < -0.4 is 4.72 Å². The van der Waals surface area contributed by atoms with E-state index in [2.05, 4.69) is 4.72 Å². The summed E-state index contributed by atoms with van der Waals surface area (Å²) in [5.41, 5.74) is -0.255. The van der Waals surface area contributed by atoms with E-state index in [4.69, 9.17) is 23.2 Å². The Balaban J connectivity index is 1.91. The zero-order valence-electron chi connectivity index (χ0n) is 22.7. The number of piperidine rings is 1. The molecule has 1 amide bonds. The third-order valence-electron chi connectivity index (χ3n) is 7.51. The van der Waals surface area contributed by atoms with Crippen LogP contribution in [0.15, 0.2) is 48.5 Å². The third kappa shape index (κ3) is 7.15. The van der Waals surface area contributed by atoms with Gasteiger partial charge in [0.15, 0.2) is 0 Å². The van der Waals surface area contributed by atoms with Gasteiger partial charge in [0.05, 0.1) is 29.7 Å². The lowest BCUT2D eigenvalue weighted by molar-refractivity contribution is -0.160. The normalized spacial score (nSPS) is 25.0. The number of nitrogens with zero attached hydrogens (tertiary/aromatic N) is 1. The first-order valence-corrected chi connectivity index (χ1v) is 15.6. The van der Waals surface area contributed by atoms with Crippen molar-refractivity contribution in [2.24, 2.45) is 11.3 Å². The molecule has 2 aliphatic rings. The van der Waals surface area contributed by atoms with Crippen molar-refractivity contribution < 1.29 is 23.1 Å². The molecule has 4 atom stereocenters. The van der Waals surface area contributed by atoms with E-state index in [0.717, 1.165) is 24.0 Å². The molecule has 10 heteroatoms. The van der Waals surface area contributed by atoms with Gasteiger partial charge in [-0.15, -0.1) is 0 Å². The Kier molecular flexibility index (Phi) is 8.44. The summed E-state index contributed by atoms with van der Waals surface area (Å²) in [4.78, 5) is 28.1. The Morgan fingerprint density at radius 1 is 1.10 bits per heavy atom. The summed E-state index contributed by atoms with van der Waals surface area (Å²) < 4.78 is 29.5. The van der Waals surface area contributed by atoms with Gasteiger partial charge in [-0.2, -0.15) is 0 Å². The topological polar surface area (TPSA) is 104 Å². The van der Waals surface area contributed by atoms with E-state index in [1.807, 2.05) is 30.3 Å². The Hall–Kier alpha value is -2.13. The van der Waals surface area contributed by atoms with Gasteiger partial charge in [-0.05, 0) is 81.3 Å². The van der Waals surface area contributed by atoms with Gasteiger partial charge in [0.25, 0.3) is 0 Å². The summed E-state index contributed by atoms with van der Waals surface area (Å²) in [5, 5.41) is 10.9. The zero-order valence-corrected chi connectivity index (χ0v) is 25.0. The molecular formula is C29H36Cl2N2O5S. The molecule has 7 nitrogen and oxygen atoms in total. The van der Waals surface area contributed by atoms with Crippen molar-refractivity contribution in [2.45, 2.75) is 76.9 Å². The number of likely N-dealkylation sites (tertiary alicyclic amines) is 1. The first kappa shape index (κ1) is 29.8. The maximum absolute atomic E-state index is 14.4. The quantitative estimate of drug-likeness (QED) is 0.369. The molecule has 2 N–H and O–H groups in total. The molecule has 0 radical (unpaired) electrons. The molecule has 1 aliphatic carbocycles. The number of sulfonamides is 1. The van der Waals surface area contributed by atoms with Crippen molar-refractivity contribution in [1.82, 2.24) is 9.62 Å². The summed E-state index contributed by atoms with van der Waals surface area (Å²) >= 11 is 12.6. The van der Waals surface area contributed by atoms with Crippen molar-refractivity contribution in [1.29, 1.82) is 0 Å². The van der Waals surface area contributed by atoms with Crippen LogP contribution in [0.2, 0.25) is 10.0 Å². The zero-order chi connectivity index (χ0) is 28.8. The van der Waals surface area contributed by atoms with E-state index in [1.165, 1.54) is 0 Å². The molecule has 1 saturated carbocycles. The first-order valence-electron chi connectivity index (χ1n) is 13.2. The van der Waals surface area contributed by atoms with Gasteiger partial charge in [0.2, 0.25) is 15.9 Å². The number of benzene rings is 2.